The SMILES string of the molecule is C=CCCCCC(C(=O)OC)N(C)C. The molecule has 0 saturated carbocycles. The van der Waals surface area contributed by atoms with Crippen LogP contribution < -0.4 is 0 Å². The quantitative estimate of drug-likeness (QED) is 0.356. The predicted molar refractivity (Wildman–Crippen MR) is 58.2 cm³/mol. The van der Waals surface area contributed by atoms with Crippen LogP contribution in [0.25, 0.3) is 0 Å². The zero-order chi connectivity index (χ0) is 11.0. The monoisotopic (exact) mass is 199 g/mol. The molecule has 0 aromatic rings. The van der Waals surface area contributed by atoms with Gasteiger partial charge in [-0.2, -0.15) is 0 Å². The molecule has 0 aromatic carbocycles. The fourth-order valence-corrected chi connectivity index (χ4v) is 1.35. The first-order chi connectivity index (χ1) is 6.63. The molecule has 3 heteroatoms. The highest BCUT2D eigenvalue weighted by molar-refractivity contribution is 5.75. The summed E-state index contributed by atoms with van der Waals surface area (Å²) in [5.74, 6) is -0.145. The lowest BCUT2D eigenvalue weighted by atomic mass is 10.1. The van der Waals surface area contributed by atoms with Crippen molar-refractivity contribution in [2.75, 3.05) is 21.2 Å². The number of methoxy groups -OCH3 is 1. The molecule has 1 atom stereocenters. The van der Waals surface area contributed by atoms with Gasteiger partial charge in [0, 0.05) is 0 Å². The maximum Gasteiger partial charge on any atom is 0.323 e. The standard InChI is InChI=1S/C11H21NO2/c1-5-6-7-8-9-10(12(2)3)11(13)14-4/h5,10H,1,6-9H2,2-4H3. The molecule has 0 bridgehead atoms. The smallest absolute Gasteiger partial charge is 0.323 e. The van der Waals surface area contributed by atoms with Gasteiger partial charge in [-0.05, 0) is 33.4 Å². The van der Waals surface area contributed by atoms with Gasteiger partial charge in [0.25, 0.3) is 0 Å². The Labute approximate surface area is 86.7 Å². The second-order valence-corrected chi connectivity index (χ2v) is 3.58. The molecule has 0 aliphatic rings. The molecule has 1 unspecified atom stereocenters. The maximum atomic E-state index is 11.3. The summed E-state index contributed by atoms with van der Waals surface area (Å²) in [5, 5.41) is 0. The van der Waals surface area contributed by atoms with Gasteiger partial charge in [-0.3, -0.25) is 9.69 Å². The lowest BCUT2D eigenvalue weighted by molar-refractivity contribution is -0.146. The minimum atomic E-state index is -0.145. The van der Waals surface area contributed by atoms with Crippen molar-refractivity contribution in [1.29, 1.82) is 0 Å². The highest BCUT2D eigenvalue weighted by atomic mass is 16.5. The molecular formula is C11H21NO2. The first kappa shape index (κ1) is 13.2. The molecule has 3 nitrogen and oxygen atoms in total. The van der Waals surface area contributed by atoms with Gasteiger partial charge in [0.05, 0.1) is 7.11 Å². The summed E-state index contributed by atoms with van der Waals surface area (Å²) < 4.78 is 4.73. The summed E-state index contributed by atoms with van der Waals surface area (Å²) in [6.07, 6.45) is 5.90. The summed E-state index contributed by atoms with van der Waals surface area (Å²) in [6, 6.07) is -0.107. The van der Waals surface area contributed by atoms with Gasteiger partial charge in [-0.1, -0.05) is 12.5 Å². The number of rotatable bonds is 7. The number of hydrogen-bond donors (Lipinski definition) is 0. The third-order valence-electron chi connectivity index (χ3n) is 2.23. The summed E-state index contributed by atoms with van der Waals surface area (Å²) in [5.41, 5.74) is 0. The number of esters is 1. The third kappa shape index (κ3) is 5.02. The number of nitrogens with zero attached hydrogens (tertiary/aromatic N) is 1. The zero-order valence-electron chi connectivity index (χ0n) is 9.45. The van der Waals surface area contributed by atoms with Gasteiger partial charge in [0.2, 0.25) is 0 Å². The highest BCUT2D eigenvalue weighted by Crippen LogP contribution is 2.09. The number of hydrogen-bond acceptors (Lipinski definition) is 3. The molecule has 0 N–H and O–H groups in total. The molecule has 0 radical (unpaired) electrons. The zero-order valence-corrected chi connectivity index (χ0v) is 9.45. The number of carbonyl (C=O) groups excluding carboxylic acids is 1. The topological polar surface area (TPSA) is 29.5 Å². The van der Waals surface area contributed by atoms with E-state index < -0.39 is 0 Å². The van der Waals surface area contributed by atoms with Crippen molar-refractivity contribution in [3.05, 3.63) is 12.7 Å². The Kier molecular flexibility index (Phi) is 7.11. The van der Waals surface area contributed by atoms with Crippen molar-refractivity contribution in [3.8, 4) is 0 Å². The van der Waals surface area contributed by atoms with Crippen LogP contribution in [0.4, 0.5) is 0 Å². The van der Waals surface area contributed by atoms with E-state index in [0.717, 1.165) is 25.7 Å². The van der Waals surface area contributed by atoms with Crippen molar-refractivity contribution in [2.45, 2.75) is 31.7 Å². The third-order valence-corrected chi connectivity index (χ3v) is 2.23. The van der Waals surface area contributed by atoms with Gasteiger partial charge >= 0.3 is 5.97 Å². The Morgan fingerprint density at radius 2 is 2.14 bits per heavy atom. The summed E-state index contributed by atoms with van der Waals surface area (Å²) in [7, 11) is 5.23. The van der Waals surface area contributed by atoms with Crippen molar-refractivity contribution in [2.24, 2.45) is 0 Å². The molecule has 14 heavy (non-hydrogen) atoms. The lowest BCUT2D eigenvalue weighted by Crippen LogP contribution is -2.36. The molecule has 0 spiro atoms. The number of ether oxygens (including phenoxy) is 1. The Hall–Kier alpha value is -0.830. The van der Waals surface area contributed by atoms with Crippen molar-refractivity contribution in [3.63, 3.8) is 0 Å². The number of unbranched alkanes of at least 4 members (excludes halogenated alkanes) is 2. The van der Waals surface area contributed by atoms with Gasteiger partial charge in [0.15, 0.2) is 0 Å². The number of carbonyl (C=O) groups is 1. The van der Waals surface area contributed by atoms with E-state index in [9.17, 15) is 4.79 Å². The van der Waals surface area contributed by atoms with Crippen LogP contribution >= 0.6 is 0 Å². The summed E-state index contributed by atoms with van der Waals surface area (Å²) >= 11 is 0. The van der Waals surface area contributed by atoms with Crippen LogP contribution in [0.2, 0.25) is 0 Å². The highest BCUT2D eigenvalue weighted by Gasteiger charge is 2.20. The summed E-state index contributed by atoms with van der Waals surface area (Å²) in [4.78, 5) is 13.2. The Morgan fingerprint density at radius 1 is 1.50 bits per heavy atom. The van der Waals surface area contributed by atoms with Crippen LogP contribution in [-0.4, -0.2) is 38.1 Å². The molecule has 0 rings (SSSR count). The van der Waals surface area contributed by atoms with Crippen LogP contribution in [0.1, 0.15) is 25.7 Å². The number of allylic oxidation sites excluding steroid dienone is 1. The van der Waals surface area contributed by atoms with Crippen LogP contribution in [0, 0.1) is 0 Å². The summed E-state index contributed by atoms with van der Waals surface area (Å²) in [6.45, 7) is 3.66. The van der Waals surface area contributed by atoms with Crippen molar-refractivity contribution < 1.29 is 9.53 Å². The van der Waals surface area contributed by atoms with E-state index in [-0.39, 0.29) is 12.0 Å². The van der Waals surface area contributed by atoms with Crippen molar-refractivity contribution in [1.82, 2.24) is 4.90 Å². The van der Waals surface area contributed by atoms with Crippen LogP contribution in [0.3, 0.4) is 0 Å². The average molecular weight is 199 g/mol. The minimum absolute atomic E-state index is 0.107. The van der Waals surface area contributed by atoms with Crippen molar-refractivity contribution >= 4 is 5.97 Å². The average Bonchev–Trinajstić information content (AvgIpc) is 2.16. The first-order valence-corrected chi connectivity index (χ1v) is 4.98. The molecule has 0 fully saturated rings. The lowest BCUT2D eigenvalue weighted by Gasteiger charge is -2.21. The van der Waals surface area contributed by atoms with E-state index in [4.69, 9.17) is 4.74 Å². The Morgan fingerprint density at radius 3 is 2.57 bits per heavy atom. The fraction of sp³-hybridized carbons (Fsp3) is 0.727. The van der Waals surface area contributed by atoms with E-state index in [0.29, 0.717) is 0 Å². The second-order valence-electron chi connectivity index (χ2n) is 3.58. The van der Waals surface area contributed by atoms with Gasteiger partial charge in [-0.15, -0.1) is 6.58 Å². The maximum absolute atomic E-state index is 11.3. The molecule has 0 heterocycles. The van der Waals surface area contributed by atoms with Crippen LogP contribution in [-0.2, 0) is 9.53 Å². The molecule has 0 aliphatic heterocycles. The molecular weight excluding hydrogens is 178 g/mol. The Bertz CT molecular complexity index is 178. The Balaban J connectivity index is 3.85. The van der Waals surface area contributed by atoms with E-state index in [1.165, 1.54) is 7.11 Å². The second kappa shape index (κ2) is 7.56. The van der Waals surface area contributed by atoms with E-state index in [1.807, 2.05) is 25.1 Å². The molecule has 0 aliphatic carbocycles. The van der Waals surface area contributed by atoms with Crippen LogP contribution in [0.5, 0.6) is 0 Å². The van der Waals surface area contributed by atoms with Gasteiger partial charge in [0.1, 0.15) is 6.04 Å². The van der Waals surface area contributed by atoms with E-state index in [2.05, 4.69) is 6.58 Å². The number of likely N-dealkylation sites (N-methyl/N-ethyl adjacent to an activating group) is 1. The molecule has 82 valence electrons. The normalized spacial score (nSPS) is 12.6. The molecule has 0 aromatic heterocycles. The van der Waals surface area contributed by atoms with Crippen LogP contribution in [0.15, 0.2) is 12.7 Å². The van der Waals surface area contributed by atoms with Gasteiger partial charge in [-0.25, -0.2) is 0 Å². The fourth-order valence-electron chi connectivity index (χ4n) is 1.35. The minimum Gasteiger partial charge on any atom is -0.468 e. The molecule has 0 amide bonds. The van der Waals surface area contributed by atoms with E-state index in [1.54, 1.807) is 0 Å². The molecule has 0 saturated heterocycles. The predicted octanol–water partition coefficient (Wildman–Crippen LogP) is 1.84. The van der Waals surface area contributed by atoms with E-state index >= 15 is 0 Å². The van der Waals surface area contributed by atoms with Gasteiger partial charge < -0.3 is 4.74 Å². The largest absolute Gasteiger partial charge is 0.468 e. The first-order valence-electron chi connectivity index (χ1n) is 4.98.